The van der Waals surface area contributed by atoms with Crippen molar-refractivity contribution in [2.24, 2.45) is 11.1 Å². The predicted molar refractivity (Wildman–Crippen MR) is 123 cm³/mol. The highest BCUT2D eigenvalue weighted by Gasteiger charge is 2.58. The number of imide groups is 2. The molecule has 0 radical (unpaired) electrons. The van der Waals surface area contributed by atoms with Crippen LogP contribution in [0.2, 0.25) is 0 Å². The van der Waals surface area contributed by atoms with E-state index in [0.29, 0.717) is 24.4 Å². The summed E-state index contributed by atoms with van der Waals surface area (Å²) in [5, 5.41) is 4.46. The number of benzene rings is 2. The molecule has 12 heteroatoms. The number of nitrogens with zero attached hydrogens (tertiary/aromatic N) is 1. The second-order valence-corrected chi connectivity index (χ2v) is 9.59. The zero-order chi connectivity index (χ0) is 26.4. The fourth-order valence-corrected chi connectivity index (χ4v) is 5.49. The minimum Gasteiger partial charge on any atom is -0.457 e. The van der Waals surface area contributed by atoms with Gasteiger partial charge in [-0.05, 0) is 73.1 Å². The van der Waals surface area contributed by atoms with Crippen molar-refractivity contribution in [2.75, 3.05) is 13.1 Å². The average molecular weight is 518 g/mol. The molecule has 3 aliphatic rings. The molecule has 37 heavy (non-hydrogen) atoms. The number of carbonyl (C=O) groups is 3. The van der Waals surface area contributed by atoms with Crippen LogP contribution in [0, 0.1) is 5.41 Å². The summed E-state index contributed by atoms with van der Waals surface area (Å²) in [5.41, 5.74) is 4.87. The van der Waals surface area contributed by atoms with Crippen LogP contribution in [0.15, 0.2) is 48.5 Å². The van der Waals surface area contributed by atoms with Crippen molar-refractivity contribution in [2.45, 2.75) is 43.6 Å². The topological polar surface area (TPSA) is 123 Å². The maximum atomic E-state index is 13.3. The van der Waals surface area contributed by atoms with Crippen molar-refractivity contribution < 1.29 is 37.0 Å². The van der Waals surface area contributed by atoms with Crippen LogP contribution in [0.5, 0.6) is 17.2 Å². The number of carbonyl (C=O) groups excluding carboxylic acids is 3. The van der Waals surface area contributed by atoms with E-state index in [1.807, 2.05) is 0 Å². The number of likely N-dealkylation sites (tertiary alicyclic amines) is 1. The molecule has 2 aliphatic heterocycles. The molecule has 2 aromatic rings. The molecule has 1 saturated carbocycles. The number of hydrogen-bond acceptors (Lipinski definition) is 7. The van der Waals surface area contributed by atoms with E-state index in [1.54, 1.807) is 29.2 Å². The second kappa shape index (κ2) is 9.03. The summed E-state index contributed by atoms with van der Waals surface area (Å²) in [6, 6.07) is 10.3. The highest BCUT2D eigenvalue weighted by Crippen LogP contribution is 2.50. The first-order chi connectivity index (χ1) is 17.5. The third-order valence-corrected chi connectivity index (χ3v) is 7.65. The minimum atomic E-state index is -4.80. The van der Waals surface area contributed by atoms with E-state index in [4.69, 9.17) is 10.5 Å². The van der Waals surface area contributed by atoms with Crippen molar-refractivity contribution in [3.63, 3.8) is 0 Å². The maximum Gasteiger partial charge on any atom is 0.573 e. The first kappa shape index (κ1) is 25.0. The lowest BCUT2D eigenvalue weighted by Gasteiger charge is -2.55. The normalized spacial score (nSPS) is 23.1. The van der Waals surface area contributed by atoms with E-state index in [2.05, 4.69) is 15.4 Å². The van der Waals surface area contributed by atoms with E-state index in [9.17, 15) is 27.6 Å². The molecule has 4 amide bonds. The van der Waals surface area contributed by atoms with E-state index in [1.165, 1.54) is 12.1 Å². The van der Waals surface area contributed by atoms with Gasteiger partial charge in [0.1, 0.15) is 17.2 Å². The summed E-state index contributed by atoms with van der Waals surface area (Å²) >= 11 is 0. The van der Waals surface area contributed by atoms with Gasteiger partial charge >= 0.3 is 12.4 Å². The number of alkyl halides is 3. The first-order valence-electron chi connectivity index (χ1n) is 11.8. The lowest BCUT2D eigenvalue weighted by atomic mass is 9.59. The molecule has 1 spiro atoms. The monoisotopic (exact) mass is 518 g/mol. The van der Waals surface area contributed by atoms with Crippen LogP contribution in [0.3, 0.4) is 0 Å². The highest BCUT2D eigenvalue weighted by molar-refractivity contribution is 6.22. The van der Waals surface area contributed by atoms with Gasteiger partial charge < -0.3 is 15.2 Å². The van der Waals surface area contributed by atoms with Gasteiger partial charge in [-0.2, -0.15) is 0 Å². The van der Waals surface area contributed by atoms with Gasteiger partial charge in [0.15, 0.2) is 0 Å². The number of hydrogen-bond donors (Lipinski definition) is 3. The summed E-state index contributed by atoms with van der Waals surface area (Å²) in [6.07, 6.45) is -1.35. The number of ether oxygens (including phenoxy) is 2. The number of piperidine rings is 1. The molecule has 2 saturated heterocycles. The minimum absolute atomic E-state index is 0.0213. The van der Waals surface area contributed by atoms with Crippen molar-refractivity contribution in [3.8, 4) is 17.2 Å². The number of rotatable bonds is 5. The van der Waals surface area contributed by atoms with Gasteiger partial charge in [0, 0.05) is 19.1 Å². The molecule has 0 aromatic heterocycles. The van der Waals surface area contributed by atoms with E-state index in [-0.39, 0.29) is 23.0 Å². The lowest BCUT2D eigenvalue weighted by molar-refractivity contribution is -0.274. The Morgan fingerprint density at radius 1 is 0.838 bits per heavy atom. The molecule has 2 heterocycles. The first-order valence-corrected chi connectivity index (χ1v) is 11.8. The third-order valence-electron chi connectivity index (χ3n) is 7.65. The predicted octanol–water partition coefficient (Wildman–Crippen LogP) is 3.14. The van der Waals surface area contributed by atoms with Crippen molar-refractivity contribution in [1.82, 2.24) is 15.5 Å². The van der Waals surface area contributed by atoms with Gasteiger partial charge in [-0.1, -0.05) is 12.1 Å². The Balaban J connectivity index is 1.38. The molecule has 1 atom stereocenters. The van der Waals surface area contributed by atoms with Crippen molar-refractivity contribution in [1.29, 1.82) is 0 Å². The Morgan fingerprint density at radius 2 is 1.35 bits per heavy atom. The van der Waals surface area contributed by atoms with Gasteiger partial charge in [-0.3, -0.25) is 25.1 Å². The molecule has 5 rings (SSSR count). The van der Waals surface area contributed by atoms with E-state index in [0.717, 1.165) is 37.8 Å². The number of barbiturate groups is 1. The molecule has 196 valence electrons. The summed E-state index contributed by atoms with van der Waals surface area (Å²) in [7, 11) is 0. The highest BCUT2D eigenvalue weighted by atomic mass is 19.4. The van der Waals surface area contributed by atoms with Crippen molar-refractivity contribution >= 4 is 17.8 Å². The molecule has 9 nitrogen and oxygen atoms in total. The van der Waals surface area contributed by atoms with Crippen LogP contribution in [0.4, 0.5) is 18.0 Å². The largest absolute Gasteiger partial charge is 0.573 e. The maximum absolute atomic E-state index is 13.3. The standard InChI is InChI=1S/C25H25F3N4O5/c26-25(27,28)37-18-7-5-17(6-8-18)36-16-3-1-15(2-4-16)24(20(33)30-22(35)31-21(24)34)32-13-11-23(12-14-32)10-9-19(23)29/h1-8,19H,9-14,29H2,(H2,30,31,33,34,35). The van der Waals surface area contributed by atoms with Crippen molar-refractivity contribution in [3.05, 3.63) is 54.1 Å². The number of amides is 4. The Hall–Kier alpha value is -3.64. The van der Waals surface area contributed by atoms with Gasteiger partial charge in [0.2, 0.25) is 5.54 Å². The molecule has 1 unspecified atom stereocenters. The fourth-order valence-electron chi connectivity index (χ4n) is 5.49. The Morgan fingerprint density at radius 3 is 1.81 bits per heavy atom. The number of nitrogens with one attached hydrogen (secondary N) is 2. The van der Waals surface area contributed by atoms with Crippen LogP contribution < -0.4 is 25.8 Å². The second-order valence-electron chi connectivity index (χ2n) is 9.59. The van der Waals surface area contributed by atoms with E-state index >= 15 is 0 Å². The Bertz CT molecular complexity index is 1190. The van der Waals surface area contributed by atoms with Crippen LogP contribution in [-0.2, 0) is 15.1 Å². The van der Waals surface area contributed by atoms with E-state index < -0.39 is 29.7 Å². The average Bonchev–Trinajstić information content (AvgIpc) is 2.84. The number of nitrogens with two attached hydrogens (primary N) is 1. The quantitative estimate of drug-likeness (QED) is 0.520. The lowest BCUT2D eigenvalue weighted by Crippen LogP contribution is -2.72. The van der Waals surface area contributed by atoms with Crippen LogP contribution in [0.1, 0.15) is 31.2 Å². The number of urea groups is 1. The number of halogens is 3. The van der Waals surface area contributed by atoms with Gasteiger partial charge in [-0.15, -0.1) is 13.2 Å². The van der Waals surface area contributed by atoms with Gasteiger partial charge in [0.25, 0.3) is 11.8 Å². The fraction of sp³-hybridized carbons (Fsp3) is 0.400. The van der Waals surface area contributed by atoms with Gasteiger partial charge in [0.05, 0.1) is 0 Å². The van der Waals surface area contributed by atoms with Crippen LogP contribution >= 0.6 is 0 Å². The molecule has 4 N–H and O–H groups in total. The third kappa shape index (κ3) is 4.51. The summed E-state index contributed by atoms with van der Waals surface area (Å²) < 4.78 is 46.6. The smallest absolute Gasteiger partial charge is 0.457 e. The molecule has 2 aromatic carbocycles. The summed E-state index contributed by atoms with van der Waals surface area (Å²) in [6.45, 7) is 0.903. The summed E-state index contributed by atoms with van der Waals surface area (Å²) in [4.78, 5) is 40.2. The van der Waals surface area contributed by atoms with Crippen LogP contribution in [-0.4, -0.2) is 48.2 Å². The molecular formula is C25H25F3N4O5. The molecule has 3 fully saturated rings. The molecular weight excluding hydrogens is 493 g/mol. The molecule has 0 bridgehead atoms. The Kier molecular flexibility index (Phi) is 6.11. The SMILES string of the molecule is NC1CCC12CCN(C1(c3ccc(Oc4ccc(OC(F)(F)F)cc4)cc3)C(=O)NC(=O)NC1=O)CC2. The Labute approximate surface area is 210 Å². The van der Waals surface area contributed by atoms with Gasteiger partial charge in [-0.25, -0.2) is 4.79 Å². The molecule has 1 aliphatic carbocycles. The van der Waals surface area contributed by atoms with Crippen LogP contribution in [0.25, 0.3) is 0 Å². The summed E-state index contributed by atoms with van der Waals surface area (Å²) in [5.74, 6) is -1.26. The zero-order valence-electron chi connectivity index (χ0n) is 19.6. The zero-order valence-corrected chi connectivity index (χ0v) is 19.6.